The van der Waals surface area contributed by atoms with Crippen molar-refractivity contribution in [2.45, 2.75) is 39.9 Å². The van der Waals surface area contributed by atoms with Crippen LogP contribution < -0.4 is 0 Å². The summed E-state index contributed by atoms with van der Waals surface area (Å²) in [6, 6.07) is 0. The molecule has 2 nitrogen and oxygen atoms in total. The highest BCUT2D eigenvalue weighted by Gasteiger charge is 2.12. The van der Waals surface area contributed by atoms with Gasteiger partial charge in [-0.25, -0.2) is 0 Å². The van der Waals surface area contributed by atoms with Crippen molar-refractivity contribution in [1.29, 1.82) is 0 Å². The van der Waals surface area contributed by atoms with Gasteiger partial charge in [-0.15, -0.1) is 0 Å². The summed E-state index contributed by atoms with van der Waals surface area (Å²) in [4.78, 5) is 0. The lowest BCUT2D eigenvalue weighted by Crippen LogP contribution is -2.27. The maximum atomic E-state index is 5.67. The minimum Gasteiger partial charge on any atom is -0.391 e. The minimum atomic E-state index is -1.58. The molecular weight excluding hydrogens is 248 g/mol. The third-order valence-corrected chi connectivity index (χ3v) is 3.78. The Kier molecular flexibility index (Phi) is 7.94. The number of hydrogen-bond acceptors (Lipinski definition) is 2. The predicted molar refractivity (Wildman–Crippen MR) is 62.5 cm³/mol. The van der Waals surface area contributed by atoms with Crippen molar-refractivity contribution < 1.29 is 8.85 Å². The average molecular weight is 267 g/mol. The van der Waals surface area contributed by atoms with Crippen LogP contribution in [0, 0.1) is 0 Å². The van der Waals surface area contributed by atoms with Crippen LogP contribution in [0.1, 0.15) is 27.7 Å². The van der Waals surface area contributed by atoms with Gasteiger partial charge in [0.2, 0.25) is 0 Å². The van der Waals surface area contributed by atoms with E-state index in [9.17, 15) is 0 Å². The van der Waals surface area contributed by atoms with Gasteiger partial charge in [0.25, 0.3) is 0 Å². The van der Waals surface area contributed by atoms with Crippen molar-refractivity contribution in [2.24, 2.45) is 0 Å². The Morgan fingerprint density at radius 3 is 1.92 bits per heavy atom. The van der Waals surface area contributed by atoms with E-state index in [0.717, 1.165) is 5.33 Å². The van der Waals surface area contributed by atoms with Crippen LogP contribution in [0.4, 0.5) is 0 Å². The molecule has 0 saturated carbocycles. The molecule has 4 heteroatoms. The van der Waals surface area contributed by atoms with Crippen LogP contribution in [0.2, 0.25) is 0 Å². The molecule has 0 atom stereocenters. The van der Waals surface area contributed by atoms with E-state index in [2.05, 4.69) is 21.6 Å². The van der Waals surface area contributed by atoms with Crippen molar-refractivity contribution >= 4 is 25.2 Å². The molecule has 0 fully saturated rings. The van der Waals surface area contributed by atoms with E-state index >= 15 is 0 Å². The van der Waals surface area contributed by atoms with Gasteiger partial charge < -0.3 is 8.85 Å². The summed E-state index contributed by atoms with van der Waals surface area (Å²) in [5.74, 6) is 0. The monoisotopic (exact) mass is 266 g/mol. The van der Waals surface area contributed by atoms with E-state index < -0.39 is 9.28 Å². The number of hydrogen-bond donors (Lipinski definition) is 0. The molecular formula is C9H19BrO2Si. The molecule has 0 spiro atoms. The average Bonchev–Trinajstić information content (AvgIpc) is 1.98. The minimum absolute atomic E-state index is 0.246. The van der Waals surface area contributed by atoms with Gasteiger partial charge >= 0.3 is 9.28 Å². The molecule has 0 aliphatic heterocycles. The van der Waals surface area contributed by atoms with E-state index in [1.165, 1.54) is 0 Å². The zero-order chi connectivity index (χ0) is 10.3. The smallest absolute Gasteiger partial charge is 0.348 e. The molecule has 0 unspecified atom stereocenters. The Morgan fingerprint density at radius 1 is 1.15 bits per heavy atom. The van der Waals surface area contributed by atoms with E-state index in [4.69, 9.17) is 8.85 Å². The van der Waals surface area contributed by atoms with Gasteiger partial charge in [-0.3, -0.25) is 0 Å². The van der Waals surface area contributed by atoms with Crippen LogP contribution in [0.5, 0.6) is 0 Å². The molecule has 0 aromatic heterocycles. The Morgan fingerprint density at radius 2 is 1.62 bits per heavy atom. The fraction of sp³-hybridized carbons (Fsp3) is 0.778. The molecule has 0 amide bonds. The molecule has 0 saturated heterocycles. The Balaban J connectivity index is 3.95. The lowest BCUT2D eigenvalue weighted by Gasteiger charge is -2.18. The molecule has 0 aliphatic rings. The first-order chi connectivity index (χ1) is 6.06. The summed E-state index contributed by atoms with van der Waals surface area (Å²) >= 11 is 3.33. The van der Waals surface area contributed by atoms with Crippen molar-refractivity contribution in [2.75, 3.05) is 5.33 Å². The van der Waals surface area contributed by atoms with Gasteiger partial charge in [0, 0.05) is 17.5 Å². The molecule has 0 heterocycles. The van der Waals surface area contributed by atoms with Crippen LogP contribution in [0.15, 0.2) is 11.8 Å². The number of allylic oxidation sites excluding steroid dienone is 1. The van der Waals surface area contributed by atoms with Gasteiger partial charge in [-0.1, -0.05) is 22.0 Å². The lowest BCUT2D eigenvalue weighted by atomic mass is 10.5. The summed E-state index contributed by atoms with van der Waals surface area (Å²) in [5.41, 5.74) is 2.06. The fourth-order valence-corrected chi connectivity index (χ4v) is 3.11. The number of halogens is 1. The van der Waals surface area contributed by atoms with Crippen molar-refractivity contribution in [1.82, 2.24) is 0 Å². The molecule has 0 aromatic carbocycles. The second-order valence-corrected chi connectivity index (χ2v) is 5.63. The highest BCUT2D eigenvalue weighted by Crippen LogP contribution is 2.01. The van der Waals surface area contributed by atoms with Crippen LogP contribution in [0.3, 0.4) is 0 Å². The maximum absolute atomic E-state index is 5.67. The van der Waals surface area contributed by atoms with Crippen molar-refractivity contribution in [3.05, 3.63) is 11.8 Å². The topological polar surface area (TPSA) is 18.5 Å². The first-order valence-electron chi connectivity index (χ1n) is 4.59. The van der Waals surface area contributed by atoms with E-state index in [1.54, 1.807) is 0 Å². The van der Waals surface area contributed by atoms with Crippen LogP contribution in [0.25, 0.3) is 0 Å². The van der Waals surface area contributed by atoms with Gasteiger partial charge in [0.1, 0.15) is 0 Å². The van der Waals surface area contributed by atoms with Gasteiger partial charge in [-0.05, 0) is 33.4 Å². The second-order valence-electron chi connectivity index (χ2n) is 3.32. The summed E-state index contributed by atoms with van der Waals surface area (Å²) in [6.07, 6.45) is 2.53. The third-order valence-electron chi connectivity index (χ3n) is 1.19. The van der Waals surface area contributed by atoms with Crippen LogP contribution >= 0.6 is 15.9 Å². The standard InChI is InChI=1S/C9H19BrO2Si/c1-8(2)11-13(7-5-6-10)12-9(3)4/h5,7-9,13H,6H2,1-4H3. The zero-order valence-corrected chi connectivity index (χ0v) is 11.5. The van der Waals surface area contributed by atoms with Crippen molar-refractivity contribution in [3.63, 3.8) is 0 Å². The van der Waals surface area contributed by atoms with Gasteiger partial charge in [0.05, 0.1) is 0 Å². The zero-order valence-electron chi connectivity index (χ0n) is 8.79. The highest BCUT2D eigenvalue weighted by molar-refractivity contribution is 9.09. The largest absolute Gasteiger partial charge is 0.391 e. The summed E-state index contributed by atoms with van der Waals surface area (Å²) in [6.45, 7) is 8.13. The summed E-state index contributed by atoms with van der Waals surface area (Å²) < 4.78 is 11.3. The molecule has 0 radical (unpaired) electrons. The van der Waals surface area contributed by atoms with E-state index in [0.29, 0.717) is 0 Å². The quantitative estimate of drug-likeness (QED) is 0.544. The molecule has 0 bridgehead atoms. The van der Waals surface area contributed by atoms with Crippen molar-refractivity contribution in [3.8, 4) is 0 Å². The van der Waals surface area contributed by atoms with Gasteiger partial charge in [0.15, 0.2) is 0 Å². The predicted octanol–water partition coefficient (Wildman–Crippen LogP) is 2.55. The Bertz CT molecular complexity index is 139. The van der Waals surface area contributed by atoms with Gasteiger partial charge in [-0.2, -0.15) is 0 Å². The number of alkyl halides is 1. The molecule has 0 N–H and O–H groups in total. The molecule has 0 aromatic rings. The van der Waals surface area contributed by atoms with E-state index in [1.807, 2.05) is 33.8 Å². The Hall–Kier alpha value is 0.357. The second kappa shape index (κ2) is 7.73. The molecule has 13 heavy (non-hydrogen) atoms. The van der Waals surface area contributed by atoms with Crippen LogP contribution in [-0.2, 0) is 8.85 Å². The first kappa shape index (κ1) is 13.4. The normalized spacial score (nSPS) is 12.6. The molecule has 0 aliphatic carbocycles. The molecule has 78 valence electrons. The highest BCUT2D eigenvalue weighted by atomic mass is 79.9. The summed E-state index contributed by atoms with van der Waals surface area (Å²) in [7, 11) is -1.58. The third kappa shape index (κ3) is 8.68. The lowest BCUT2D eigenvalue weighted by molar-refractivity contribution is 0.138. The SMILES string of the molecule is CC(C)O[SiH](C=CCBr)OC(C)C. The van der Waals surface area contributed by atoms with Crippen LogP contribution in [-0.4, -0.2) is 26.8 Å². The molecule has 0 rings (SSSR count). The maximum Gasteiger partial charge on any atom is 0.348 e. The fourth-order valence-electron chi connectivity index (χ4n) is 0.822. The first-order valence-corrected chi connectivity index (χ1v) is 7.33. The summed E-state index contributed by atoms with van der Waals surface area (Å²) in [5, 5.41) is 0.861. The number of rotatable bonds is 6. The van der Waals surface area contributed by atoms with E-state index in [-0.39, 0.29) is 12.2 Å². The Labute approximate surface area is 91.3 Å².